The molecule has 4 heteroatoms. The molecule has 1 N–H and O–H groups in total. The van der Waals surface area contributed by atoms with Crippen LogP contribution < -0.4 is 5.32 Å². The lowest BCUT2D eigenvalue weighted by Gasteiger charge is -2.18. The smallest absolute Gasteiger partial charge is 0.407 e. The lowest BCUT2D eigenvalue weighted by atomic mass is 9.97. The molecule has 1 aromatic rings. The van der Waals surface area contributed by atoms with Crippen molar-refractivity contribution in [1.29, 1.82) is 0 Å². The topological polar surface area (TPSA) is 55.4 Å². The molecule has 0 radical (unpaired) electrons. The summed E-state index contributed by atoms with van der Waals surface area (Å²) in [5.41, 5.74) is 1.08. The number of ether oxygens (including phenoxy) is 1. The zero-order chi connectivity index (χ0) is 14.3. The van der Waals surface area contributed by atoms with Crippen molar-refractivity contribution < 1.29 is 14.3 Å². The second-order valence-corrected chi connectivity index (χ2v) is 4.85. The van der Waals surface area contributed by atoms with Gasteiger partial charge in [0.2, 0.25) is 0 Å². The standard InChI is InChI=1S/C15H21NO3/c1-11(2)14(17)10-13(16-15(18)19-3)9-12-7-5-4-6-8-12/h4-8,11,13H,9-10H2,1-3H3,(H,16,18)/t13-/m1/s1. The quantitative estimate of drug-likeness (QED) is 0.858. The first-order valence-corrected chi connectivity index (χ1v) is 6.44. The molecule has 0 unspecified atom stereocenters. The van der Waals surface area contributed by atoms with Crippen molar-refractivity contribution in [1.82, 2.24) is 5.32 Å². The van der Waals surface area contributed by atoms with Gasteiger partial charge in [0, 0.05) is 18.4 Å². The average molecular weight is 263 g/mol. The molecule has 0 fully saturated rings. The maximum absolute atomic E-state index is 11.8. The summed E-state index contributed by atoms with van der Waals surface area (Å²) in [6, 6.07) is 9.54. The Morgan fingerprint density at radius 2 is 1.84 bits per heavy atom. The molecular formula is C15H21NO3. The van der Waals surface area contributed by atoms with E-state index in [9.17, 15) is 9.59 Å². The number of alkyl carbamates (subject to hydrolysis) is 1. The van der Waals surface area contributed by atoms with Crippen molar-refractivity contribution in [2.75, 3.05) is 7.11 Å². The molecule has 1 aromatic carbocycles. The van der Waals surface area contributed by atoms with E-state index in [2.05, 4.69) is 10.1 Å². The molecule has 1 amide bonds. The van der Waals surface area contributed by atoms with Crippen LogP contribution in [-0.2, 0) is 16.0 Å². The third kappa shape index (κ3) is 5.55. The summed E-state index contributed by atoms with van der Waals surface area (Å²) in [5, 5.41) is 2.72. The highest BCUT2D eigenvalue weighted by Crippen LogP contribution is 2.09. The molecule has 1 atom stereocenters. The van der Waals surface area contributed by atoms with E-state index in [0.717, 1.165) is 5.56 Å². The second kappa shape index (κ2) is 7.56. The molecule has 0 spiro atoms. The lowest BCUT2D eigenvalue weighted by molar-refractivity contribution is -0.122. The molecule has 0 bridgehead atoms. The molecule has 19 heavy (non-hydrogen) atoms. The Morgan fingerprint density at radius 3 is 2.37 bits per heavy atom. The van der Waals surface area contributed by atoms with Gasteiger partial charge in [-0.25, -0.2) is 4.79 Å². The minimum absolute atomic E-state index is 0.0299. The van der Waals surface area contributed by atoms with Gasteiger partial charge in [-0.2, -0.15) is 0 Å². The van der Waals surface area contributed by atoms with Gasteiger partial charge in [-0.3, -0.25) is 4.79 Å². The van der Waals surface area contributed by atoms with Gasteiger partial charge >= 0.3 is 6.09 Å². The minimum atomic E-state index is -0.502. The van der Waals surface area contributed by atoms with Gasteiger partial charge < -0.3 is 10.1 Å². The number of Topliss-reactive ketones (excluding diaryl/α,β-unsaturated/α-hetero) is 1. The number of ketones is 1. The van der Waals surface area contributed by atoms with Crippen LogP contribution in [0.1, 0.15) is 25.8 Å². The van der Waals surface area contributed by atoms with Crippen molar-refractivity contribution in [2.24, 2.45) is 5.92 Å². The zero-order valence-electron chi connectivity index (χ0n) is 11.7. The van der Waals surface area contributed by atoms with E-state index in [1.54, 1.807) is 0 Å². The van der Waals surface area contributed by atoms with Crippen LogP contribution in [0.2, 0.25) is 0 Å². The normalized spacial score (nSPS) is 12.0. The van der Waals surface area contributed by atoms with Crippen LogP contribution in [0.3, 0.4) is 0 Å². The van der Waals surface area contributed by atoms with Crippen LogP contribution in [0.5, 0.6) is 0 Å². The number of hydrogen-bond acceptors (Lipinski definition) is 3. The van der Waals surface area contributed by atoms with E-state index in [4.69, 9.17) is 0 Å². The number of carbonyl (C=O) groups is 2. The predicted molar refractivity (Wildman–Crippen MR) is 73.9 cm³/mol. The summed E-state index contributed by atoms with van der Waals surface area (Å²) in [7, 11) is 1.32. The maximum Gasteiger partial charge on any atom is 0.407 e. The molecule has 0 heterocycles. The number of hydrogen-bond donors (Lipinski definition) is 1. The van der Waals surface area contributed by atoms with E-state index in [1.807, 2.05) is 44.2 Å². The van der Waals surface area contributed by atoms with Crippen LogP contribution in [0.4, 0.5) is 4.79 Å². The van der Waals surface area contributed by atoms with E-state index in [0.29, 0.717) is 12.8 Å². The number of nitrogens with one attached hydrogen (secondary N) is 1. The van der Waals surface area contributed by atoms with Gasteiger partial charge in [0.1, 0.15) is 5.78 Å². The molecule has 104 valence electrons. The Morgan fingerprint density at radius 1 is 1.21 bits per heavy atom. The van der Waals surface area contributed by atoms with Crippen LogP contribution >= 0.6 is 0 Å². The largest absolute Gasteiger partial charge is 0.453 e. The molecule has 0 aliphatic rings. The van der Waals surface area contributed by atoms with Crippen molar-refractivity contribution in [3.63, 3.8) is 0 Å². The summed E-state index contributed by atoms with van der Waals surface area (Å²) < 4.78 is 4.60. The molecule has 1 rings (SSSR count). The first-order valence-electron chi connectivity index (χ1n) is 6.44. The van der Waals surface area contributed by atoms with Crippen LogP contribution in [0.15, 0.2) is 30.3 Å². The number of amides is 1. The highest BCUT2D eigenvalue weighted by Gasteiger charge is 2.18. The monoisotopic (exact) mass is 263 g/mol. The van der Waals surface area contributed by atoms with Crippen LogP contribution in [0, 0.1) is 5.92 Å². The Kier molecular flexibility index (Phi) is 6.06. The Hall–Kier alpha value is -1.84. The second-order valence-electron chi connectivity index (χ2n) is 4.85. The van der Waals surface area contributed by atoms with Crippen molar-refractivity contribution >= 4 is 11.9 Å². The summed E-state index contributed by atoms with van der Waals surface area (Å²) >= 11 is 0. The van der Waals surface area contributed by atoms with Crippen molar-refractivity contribution in [3.8, 4) is 0 Å². The third-order valence-electron chi connectivity index (χ3n) is 2.92. The molecular weight excluding hydrogens is 242 g/mol. The Labute approximate surface area is 114 Å². The molecule has 4 nitrogen and oxygen atoms in total. The summed E-state index contributed by atoms with van der Waals surface area (Å²) in [6.45, 7) is 3.72. The minimum Gasteiger partial charge on any atom is -0.453 e. The molecule has 0 saturated carbocycles. The Bertz CT molecular complexity index is 415. The van der Waals surface area contributed by atoms with E-state index < -0.39 is 6.09 Å². The van der Waals surface area contributed by atoms with Gasteiger partial charge in [0.25, 0.3) is 0 Å². The van der Waals surface area contributed by atoms with Gasteiger partial charge in [-0.05, 0) is 12.0 Å². The molecule has 0 aromatic heterocycles. The van der Waals surface area contributed by atoms with Gasteiger partial charge in [0.05, 0.1) is 7.11 Å². The van der Waals surface area contributed by atoms with Gasteiger partial charge in [-0.1, -0.05) is 44.2 Å². The first kappa shape index (κ1) is 15.2. The maximum atomic E-state index is 11.8. The SMILES string of the molecule is COC(=O)N[C@@H](CC(=O)C(C)C)Cc1ccccc1. The summed E-state index contributed by atoms with van der Waals surface area (Å²) in [5.74, 6) is 0.107. The van der Waals surface area contributed by atoms with Gasteiger partial charge in [-0.15, -0.1) is 0 Å². The average Bonchev–Trinajstić information content (AvgIpc) is 2.39. The molecule has 0 saturated heterocycles. The zero-order valence-corrected chi connectivity index (χ0v) is 11.7. The van der Waals surface area contributed by atoms with Crippen LogP contribution in [0.25, 0.3) is 0 Å². The lowest BCUT2D eigenvalue weighted by Crippen LogP contribution is -2.38. The fourth-order valence-electron chi connectivity index (χ4n) is 1.78. The van der Waals surface area contributed by atoms with E-state index in [-0.39, 0.29) is 17.7 Å². The molecule has 0 aliphatic heterocycles. The summed E-state index contributed by atoms with van der Waals surface area (Å²) in [4.78, 5) is 23.1. The van der Waals surface area contributed by atoms with Crippen molar-refractivity contribution in [3.05, 3.63) is 35.9 Å². The first-order chi connectivity index (χ1) is 9.02. The third-order valence-corrected chi connectivity index (χ3v) is 2.92. The Balaban J connectivity index is 2.69. The summed E-state index contributed by atoms with van der Waals surface area (Å²) in [6.07, 6.45) is 0.438. The van der Waals surface area contributed by atoms with Crippen LogP contribution in [-0.4, -0.2) is 25.0 Å². The molecule has 0 aliphatic carbocycles. The fourth-order valence-corrected chi connectivity index (χ4v) is 1.78. The van der Waals surface area contributed by atoms with E-state index >= 15 is 0 Å². The highest BCUT2D eigenvalue weighted by molar-refractivity contribution is 5.81. The fraction of sp³-hybridized carbons (Fsp3) is 0.467. The number of rotatable bonds is 6. The number of benzene rings is 1. The number of carbonyl (C=O) groups excluding carboxylic acids is 2. The van der Waals surface area contributed by atoms with Gasteiger partial charge in [0.15, 0.2) is 0 Å². The van der Waals surface area contributed by atoms with Crippen molar-refractivity contribution in [2.45, 2.75) is 32.7 Å². The highest BCUT2D eigenvalue weighted by atomic mass is 16.5. The van der Waals surface area contributed by atoms with E-state index in [1.165, 1.54) is 7.11 Å². The predicted octanol–water partition coefficient (Wildman–Crippen LogP) is 2.57. The number of methoxy groups -OCH3 is 1.